The van der Waals surface area contributed by atoms with Gasteiger partial charge in [0.1, 0.15) is 0 Å². The Morgan fingerprint density at radius 3 is 1.11 bits per heavy atom. The first-order valence-corrected chi connectivity index (χ1v) is 12.4. The normalized spacial score (nSPS) is 15.5. The van der Waals surface area contributed by atoms with Crippen LogP contribution in [-0.2, 0) is 13.6 Å². The summed E-state index contributed by atoms with van der Waals surface area (Å²) in [6.07, 6.45) is 18.5. The van der Waals surface area contributed by atoms with Gasteiger partial charge in [-0.05, 0) is 38.5 Å². The molecule has 3 unspecified atom stereocenters. The molecule has 0 bridgehead atoms. The van der Waals surface area contributed by atoms with E-state index in [1.807, 2.05) is 18.2 Å². The SMILES string of the molecule is C=CCC(CCCC)OP(OC(CC=C)CCCC)OC(CC=C)CCCC. The molecule has 0 radical (unpaired) electrons. The molecule has 0 aliphatic heterocycles. The van der Waals surface area contributed by atoms with Crippen molar-refractivity contribution in [3.05, 3.63) is 38.0 Å². The number of hydrogen-bond acceptors (Lipinski definition) is 3. The molecule has 0 aliphatic rings. The van der Waals surface area contributed by atoms with Crippen LogP contribution in [0.25, 0.3) is 0 Å². The molecule has 0 fully saturated rings. The van der Waals surface area contributed by atoms with Gasteiger partial charge in [-0.25, -0.2) is 0 Å². The molecule has 164 valence electrons. The summed E-state index contributed by atoms with van der Waals surface area (Å²) in [7, 11) is -1.41. The van der Waals surface area contributed by atoms with Gasteiger partial charge in [0.25, 0.3) is 0 Å². The summed E-state index contributed by atoms with van der Waals surface area (Å²) in [5, 5.41) is 0. The largest absolute Gasteiger partial charge is 0.333 e. The van der Waals surface area contributed by atoms with Gasteiger partial charge in [0, 0.05) is 0 Å². The van der Waals surface area contributed by atoms with Gasteiger partial charge in [-0.3, -0.25) is 0 Å². The zero-order valence-corrected chi connectivity index (χ0v) is 19.6. The van der Waals surface area contributed by atoms with Gasteiger partial charge in [-0.1, -0.05) is 77.5 Å². The Hall–Kier alpha value is -0.470. The maximum absolute atomic E-state index is 6.39. The fraction of sp³-hybridized carbons (Fsp3) is 0.750. The van der Waals surface area contributed by atoms with Crippen molar-refractivity contribution in [1.82, 2.24) is 0 Å². The van der Waals surface area contributed by atoms with Crippen LogP contribution >= 0.6 is 8.60 Å². The van der Waals surface area contributed by atoms with E-state index in [1.54, 1.807) is 0 Å². The second-order valence-corrected chi connectivity index (χ2v) is 8.49. The van der Waals surface area contributed by atoms with Gasteiger partial charge in [0.15, 0.2) is 0 Å². The zero-order chi connectivity index (χ0) is 21.0. The zero-order valence-electron chi connectivity index (χ0n) is 18.7. The van der Waals surface area contributed by atoms with E-state index in [2.05, 4.69) is 40.5 Å². The molecule has 0 N–H and O–H groups in total. The van der Waals surface area contributed by atoms with Crippen LogP contribution in [0, 0.1) is 0 Å². The summed E-state index contributed by atoms with van der Waals surface area (Å²) in [5.74, 6) is 0. The summed E-state index contributed by atoms with van der Waals surface area (Å²) in [6.45, 7) is 18.3. The van der Waals surface area contributed by atoms with Crippen LogP contribution < -0.4 is 0 Å². The van der Waals surface area contributed by atoms with Crippen LogP contribution in [0.5, 0.6) is 0 Å². The molecule has 28 heavy (non-hydrogen) atoms. The number of rotatable bonds is 21. The van der Waals surface area contributed by atoms with Crippen molar-refractivity contribution < 1.29 is 13.6 Å². The molecule has 0 aromatic carbocycles. The van der Waals surface area contributed by atoms with Gasteiger partial charge >= 0.3 is 8.60 Å². The topological polar surface area (TPSA) is 27.7 Å². The molecule has 0 saturated heterocycles. The highest BCUT2D eigenvalue weighted by atomic mass is 31.2. The molecule has 0 aromatic heterocycles. The van der Waals surface area contributed by atoms with Crippen LogP contribution in [-0.4, -0.2) is 18.3 Å². The Balaban J connectivity index is 5.17. The van der Waals surface area contributed by atoms with Crippen molar-refractivity contribution in [3.63, 3.8) is 0 Å². The molecule has 0 rings (SSSR count). The second kappa shape index (κ2) is 19.8. The van der Waals surface area contributed by atoms with E-state index in [0.29, 0.717) is 0 Å². The van der Waals surface area contributed by atoms with Crippen molar-refractivity contribution in [3.8, 4) is 0 Å². The summed E-state index contributed by atoms with van der Waals surface area (Å²) in [6, 6.07) is 0. The molecular formula is C24H45O3P. The summed E-state index contributed by atoms with van der Waals surface area (Å²) < 4.78 is 19.2. The minimum Gasteiger partial charge on any atom is -0.309 e. The average molecular weight is 413 g/mol. The van der Waals surface area contributed by atoms with E-state index in [-0.39, 0.29) is 18.3 Å². The second-order valence-electron chi connectivity index (χ2n) is 7.41. The van der Waals surface area contributed by atoms with E-state index in [1.165, 1.54) is 0 Å². The van der Waals surface area contributed by atoms with E-state index in [9.17, 15) is 0 Å². The van der Waals surface area contributed by atoms with Gasteiger partial charge in [-0.15, -0.1) is 19.7 Å². The molecule has 3 atom stereocenters. The summed E-state index contributed by atoms with van der Waals surface area (Å²) in [4.78, 5) is 0. The van der Waals surface area contributed by atoms with Crippen LogP contribution in [0.1, 0.15) is 97.8 Å². The maximum atomic E-state index is 6.39. The molecule has 4 heteroatoms. The number of hydrogen-bond donors (Lipinski definition) is 0. The van der Waals surface area contributed by atoms with Gasteiger partial charge in [0.2, 0.25) is 0 Å². The predicted octanol–water partition coefficient (Wildman–Crippen LogP) is 8.67. The van der Waals surface area contributed by atoms with Crippen molar-refractivity contribution in [2.45, 2.75) is 116 Å². The van der Waals surface area contributed by atoms with Crippen molar-refractivity contribution >= 4 is 8.60 Å². The highest BCUT2D eigenvalue weighted by Crippen LogP contribution is 2.47. The molecular weight excluding hydrogens is 367 g/mol. The third-order valence-corrected chi connectivity index (χ3v) is 6.04. The van der Waals surface area contributed by atoms with E-state index in [4.69, 9.17) is 13.6 Å². The first-order chi connectivity index (χ1) is 13.6. The molecule has 0 saturated carbocycles. The van der Waals surface area contributed by atoms with Gasteiger partial charge < -0.3 is 13.6 Å². The highest BCUT2D eigenvalue weighted by molar-refractivity contribution is 7.41. The molecule has 0 heterocycles. The van der Waals surface area contributed by atoms with Crippen molar-refractivity contribution in [2.24, 2.45) is 0 Å². The van der Waals surface area contributed by atoms with Gasteiger partial charge in [-0.2, -0.15) is 0 Å². The Morgan fingerprint density at radius 1 is 0.607 bits per heavy atom. The maximum Gasteiger partial charge on any atom is 0.333 e. The third-order valence-electron chi connectivity index (χ3n) is 4.63. The Morgan fingerprint density at radius 2 is 0.893 bits per heavy atom. The standard InChI is InChI=1S/C24H45O3P/c1-7-13-19-22(16-10-4)25-28(26-23(17-11-5)20-14-8-2)27-24(18-12-6)21-15-9-3/h10-12,22-24H,4-9,13-21H2,1-3H3. The van der Waals surface area contributed by atoms with Crippen LogP contribution in [0.4, 0.5) is 0 Å². The minimum atomic E-state index is -1.41. The van der Waals surface area contributed by atoms with E-state index >= 15 is 0 Å². The Bertz CT molecular complexity index is 329. The molecule has 0 aromatic rings. The first-order valence-electron chi connectivity index (χ1n) is 11.3. The lowest BCUT2D eigenvalue weighted by atomic mass is 10.1. The Labute approximate surface area is 176 Å². The van der Waals surface area contributed by atoms with E-state index in [0.717, 1.165) is 77.0 Å². The molecule has 0 spiro atoms. The van der Waals surface area contributed by atoms with E-state index < -0.39 is 8.60 Å². The molecule has 3 nitrogen and oxygen atoms in total. The molecule has 0 aliphatic carbocycles. The lowest BCUT2D eigenvalue weighted by Crippen LogP contribution is -2.19. The highest BCUT2D eigenvalue weighted by Gasteiger charge is 2.26. The monoisotopic (exact) mass is 412 g/mol. The van der Waals surface area contributed by atoms with Crippen LogP contribution in [0.15, 0.2) is 38.0 Å². The van der Waals surface area contributed by atoms with Crippen molar-refractivity contribution in [1.29, 1.82) is 0 Å². The lowest BCUT2D eigenvalue weighted by Gasteiger charge is -2.29. The summed E-state index contributed by atoms with van der Waals surface area (Å²) >= 11 is 0. The fourth-order valence-electron chi connectivity index (χ4n) is 2.93. The molecule has 0 amide bonds. The smallest absolute Gasteiger partial charge is 0.309 e. The van der Waals surface area contributed by atoms with Crippen LogP contribution in [0.2, 0.25) is 0 Å². The quantitative estimate of drug-likeness (QED) is 0.139. The first kappa shape index (κ1) is 27.5. The third kappa shape index (κ3) is 14.5. The van der Waals surface area contributed by atoms with Crippen LogP contribution in [0.3, 0.4) is 0 Å². The number of unbranched alkanes of at least 4 members (excludes halogenated alkanes) is 3. The fourth-order valence-corrected chi connectivity index (χ4v) is 4.39. The summed E-state index contributed by atoms with van der Waals surface area (Å²) in [5.41, 5.74) is 0. The predicted molar refractivity (Wildman–Crippen MR) is 125 cm³/mol. The van der Waals surface area contributed by atoms with Crippen molar-refractivity contribution in [2.75, 3.05) is 0 Å². The Kier molecular flexibility index (Phi) is 19.5. The lowest BCUT2D eigenvalue weighted by molar-refractivity contribution is 0.0582. The average Bonchev–Trinajstić information content (AvgIpc) is 2.68. The minimum absolute atomic E-state index is 0.106. The van der Waals surface area contributed by atoms with Gasteiger partial charge in [0.05, 0.1) is 18.3 Å².